The molecule has 2 heterocycles. The molecule has 3 aromatic rings. The molecular weight excluding hydrogens is 356 g/mol. The average Bonchev–Trinajstić information content (AvgIpc) is 3.40. The van der Waals surface area contributed by atoms with Gasteiger partial charge in [0.05, 0.1) is 5.41 Å². The molecule has 142 valence electrons. The number of hydrogen-bond acceptors (Lipinski definition) is 5. The second-order valence-electron chi connectivity index (χ2n) is 7.09. The van der Waals surface area contributed by atoms with Gasteiger partial charge >= 0.3 is 0 Å². The maximum Gasteiger partial charge on any atom is 0.236 e. The summed E-state index contributed by atoms with van der Waals surface area (Å²) in [7, 11) is 0. The van der Waals surface area contributed by atoms with Crippen LogP contribution in [0.2, 0.25) is 0 Å². The number of nitrogens with one attached hydrogen (secondary N) is 1. The number of rotatable bonds is 4. The lowest BCUT2D eigenvalue weighted by Gasteiger charge is -2.16. The van der Waals surface area contributed by atoms with E-state index in [1.807, 2.05) is 30.3 Å². The minimum atomic E-state index is -0.535. The third-order valence-electron chi connectivity index (χ3n) is 5.29. The minimum absolute atomic E-state index is 0. The van der Waals surface area contributed by atoms with E-state index in [2.05, 4.69) is 10.3 Å². The second-order valence-corrected chi connectivity index (χ2v) is 7.09. The number of carbonyl (C=O) groups excluding carboxylic acids is 1. The van der Waals surface area contributed by atoms with Crippen LogP contribution in [-0.2, 0) is 10.2 Å². The Kier molecular flexibility index (Phi) is 3.72. The Hall–Kier alpha value is -3.54. The Morgan fingerprint density at radius 3 is 2.64 bits per heavy atom. The Labute approximate surface area is 163 Å². The molecule has 1 saturated carbocycles. The molecule has 2 aromatic carbocycles. The monoisotopic (exact) mass is 376 g/mol. The molecule has 0 unspecified atom stereocenters. The number of amides is 1. The zero-order chi connectivity index (χ0) is 19.1. The molecule has 0 radical (unpaired) electrons. The van der Waals surface area contributed by atoms with Crippen LogP contribution in [0.4, 0.5) is 5.82 Å². The Bertz CT molecular complexity index is 1060. The highest BCUT2D eigenvalue weighted by molar-refractivity contribution is 6.01. The van der Waals surface area contributed by atoms with E-state index < -0.39 is 5.41 Å². The number of pyridine rings is 1. The number of carbonyl (C=O) groups is 1. The molecule has 1 aromatic heterocycles. The smallest absolute Gasteiger partial charge is 0.236 e. The summed E-state index contributed by atoms with van der Waals surface area (Å²) in [5, 5.41) is 12.5. The molecule has 6 nitrogen and oxygen atoms in total. The number of hydrogen-bond donors (Lipinski definition) is 2. The number of aromatic nitrogens is 1. The van der Waals surface area contributed by atoms with Crippen LogP contribution in [0, 0.1) is 0 Å². The maximum atomic E-state index is 12.9. The van der Waals surface area contributed by atoms with E-state index in [9.17, 15) is 9.90 Å². The molecule has 6 heteroatoms. The van der Waals surface area contributed by atoms with Crippen LogP contribution in [0.25, 0.3) is 11.1 Å². The van der Waals surface area contributed by atoms with Gasteiger partial charge in [0.15, 0.2) is 11.5 Å². The fourth-order valence-corrected chi connectivity index (χ4v) is 3.53. The summed E-state index contributed by atoms with van der Waals surface area (Å²) in [5.74, 6) is 2.04. The topological polar surface area (TPSA) is 80.7 Å². The third kappa shape index (κ3) is 2.83. The molecule has 5 rings (SSSR count). The van der Waals surface area contributed by atoms with Gasteiger partial charge in [-0.25, -0.2) is 4.98 Å². The quantitative estimate of drug-likeness (QED) is 0.717. The van der Waals surface area contributed by atoms with E-state index in [-0.39, 0.29) is 19.9 Å². The lowest BCUT2D eigenvalue weighted by atomic mass is 9.94. The Morgan fingerprint density at radius 1 is 1.04 bits per heavy atom. The van der Waals surface area contributed by atoms with Gasteiger partial charge in [0.2, 0.25) is 12.7 Å². The molecule has 0 saturated heterocycles. The van der Waals surface area contributed by atoms with Crippen molar-refractivity contribution in [1.82, 2.24) is 4.98 Å². The number of fused-ring (bicyclic) bond motifs is 1. The van der Waals surface area contributed by atoms with Crippen molar-refractivity contribution in [3.8, 4) is 28.4 Å². The van der Waals surface area contributed by atoms with Crippen LogP contribution in [-0.4, -0.2) is 22.8 Å². The minimum Gasteiger partial charge on any atom is -0.508 e. The van der Waals surface area contributed by atoms with Crippen molar-refractivity contribution in [2.75, 3.05) is 12.1 Å². The van der Waals surface area contributed by atoms with Crippen LogP contribution in [0.1, 0.15) is 19.8 Å². The standard InChI is InChI=1S/C22H18N2O4.H2/c25-17-3-1-2-14(10-17)15-4-7-20(23-12-15)24-21(26)22(8-9-22)16-5-6-18-19(11-16)28-13-27-18;/h1-7,10-12,25H,8-9,13H2,(H,23,24,26);1H. The molecule has 1 fully saturated rings. The molecule has 1 aliphatic heterocycles. The molecule has 0 bridgehead atoms. The molecule has 2 N–H and O–H groups in total. The van der Waals surface area contributed by atoms with Gasteiger partial charge in [0.25, 0.3) is 0 Å². The number of nitrogens with zero attached hydrogens (tertiary/aromatic N) is 1. The maximum absolute atomic E-state index is 12.9. The van der Waals surface area contributed by atoms with Gasteiger partial charge in [0.1, 0.15) is 11.6 Å². The fourth-order valence-electron chi connectivity index (χ4n) is 3.53. The van der Waals surface area contributed by atoms with Crippen molar-refractivity contribution < 1.29 is 20.8 Å². The molecule has 2 aliphatic rings. The summed E-state index contributed by atoms with van der Waals surface area (Å²) >= 11 is 0. The van der Waals surface area contributed by atoms with Gasteiger partial charge in [-0.3, -0.25) is 4.79 Å². The third-order valence-corrected chi connectivity index (χ3v) is 5.29. The first-order valence-electron chi connectivity index (χ1n) is 9.11. The predicted octanol–water partition coefficient (Wildman–Crippen LogP) is 4.10. The Balaban J connectivity index is 0.00000205. The first-order chi connectivity index (χ1) is 13.6. The van der Waals surface area contributed by atoms with Crippen LogP contribution < -0.4 is 14.8 Å². The van der Waals surface area contributed by atoms with Crippen molar-refractivity contribution in [2.45, 2.75) is 18.3 Å². The first kappa shape index (κ1) is 16.6. The number of phenols is 1. The lowest BCUT2D eigenvalue weighted by molar-refractivity contribution is -0.118. The summed E-state index contributed by atoms with van der Waals surface area (Å²) in [6.45, 7) is 0.216. The number of phenolic OH excluding ortho intramolecular Hbond substituents is 1. The highest BCUT2D eigenvalue weighted by Crippen LogP contribution is 2.51. The molecule has 1 amide bonds. The van der Waals surface area contributed by atoms with E-state index in [4.69, 9.17) is 9.47 Å². The largest absolute Gasteiger partial charge is 0.508 e. The van der Waals surface area contributed by atoms with Gasteiger partial charge in [-0.2, -0.15) is 0 Å². The van der Waals surface area contributed by atoms with E-state index in [0.717, 1.165) is 29.5 Å². The number of aromatic hydroxyl groups is 1. The molecule has 1 aliphatic carbocycles. The van der Waals surface area contributed by atoms with Gasteiger partial charge < -0.3 is 19.9 Å². The van der Waals surface area contributed by atoms with E-state index in [1.54, 1.807) is 30.5 Å². The SMILES string of the molecule is O=C(Nc1ccc(-c2cccc(O)c2)cn1)C1(c2ccc3c(c2)OCO3)CC1.[HH]. The summed E-state index contributed by atoms with van der Waals surface area (Å²) < 4.78 is 10.8. The number of benzene rings is 2. The van der Waals surface area contributed by atoms with Crippen molar-refractivity contribution >= 4 is 11.7 Å². The van der Waals surface area contributed by atoms with E-state index in [0.29, 0.717) is 17.3 Å². The normalized spacial score (nSPS) is 15.9. The average molecular weight is 376 g/mol. The lowest BCUT2D eigenvalue weighted by Crippen LogP contribution is -2.28. The summed E-state index contributed by atoms with van der Waals surface area (Å²) in [6.07, 6.45) is 3.27. The number of ether oxygens (including phenoxy) is 2. The first-order valence-corrected chi connectivity index (χ1v) is 9.11. The number of anilines is 1. The van der Waals surface area contributed by atoms with Crippen molar-refractivity contribution in [3.05, 3.63) is 66.4 Å². The van der Waals surface area contributed by atoms with E-state index in [1.165, 1.54) is 0 Å². The highest BCUT2D eigenvalue weighted by atomic mass is 16.7. The zero-order valence-corrected chi connectivity index (χ0v) is 15.0. The fraction of sp³-hybridized carbons (Fsp3) is 0.182. The second kappa shape index (κ2) is 6.27. The van der Waals surface area contributed by atoms with Crippen LogP contribution in [0.5, 0.6) is 17.2 Å². The van der Waals surface area contributed by atoms with Gasteiger partial charge in [-0.15, -0.1) is 0 Å². The van der Waals surface area contributed by atoms with Crippen molar-refractivity contribution in [2.24, 2.45) is 0 Å². The molecular formula is C22H20N2O4. The zero-order valence-electron chi connectivity index (χ0n) is 15.0. The van der Waals surface area contributed by atoms with Gasteiger partial charge in [0, 0.05) is 13.2 Å². The summed E-state index contributed by atoms with van der Waals surface area (Å²) in [5.41, 5.74) is 2.13. The molecule has 0 atom stereocenters. The predicted molar refractivity (Wildman–Crippen MR) is 106 cm³/mol. The highest BCUT2D eigenvalue weighted by Gasteiger charge is 2.51. The summed E-state index contributed by atoms with van der Waals surface area (Å²) in [6, 6.07) is 16.3. The van der Waals surface area contributed by atoms with Crippen LogP contribution in [0.15, 0.2) is 60.8 Å². The molecule has 0 spiro atoms. The van der Waals surface area contributed by atoms with E-state index >= 15 is 0 Å². The van der Waals surface area contributed by atoms with Crippen LogP contribution in [0.3, 0.4) is 0 Å². The van der Waals surface area contributed by atoms with Crippen molar-refractivity contribution in [1.29, 1.82) is 0 Å². The summed E-state index contributed by atoms with van der Waals surface area (Å²) in [4.78, 5) is 17.3. The Morgan fingerprint density at radius 2 is 1.89 bits per heavy atom. The van der Waals surface area contributed by atoms with Crippen LogP contribution >= 0.6 is 0 Å². The molecule has 28 heavy (non-hydrogen) atoms. The van der Waals surface area contributed by atoms with Gasteiger partial charge in [-0.05, 0) is 60.4 Å². The van der Waals surface area contributed by atoms with Crippen molar-refractivity contribution in [3.63, 3.8) is 0 Å². The van der Waals surface area contributed by atoms with Gasteiger partial charge in [-0.1, -0.05) is 18.2 Å².